The second-order valence-corrected chi connectivity index (χ2v) is 2.00. The summed E-state index contributed by atoms with van der Waals surface area (Å²) in [6, 6.07) is 0. The maximum absolute atomic E-state index is 10.2. The van der Waals surface area contributed by atoms with Crippen molar-refractivity contribution >= 4 is 5.78 Å². The first kappa shape index (κ1) is 13.3. The van der Waals surface area contributed by atoms with Crippen LogP contribution in [0.1, 0.15) is 19.8 Å². The smallest absolute Gasteiger partial charge is 0.130 e. The van der Waals surface area contributed by atoms with Crippen molar-refractivity contribution in [1.29, 1.82) is 0 Å². The van der Waals surface area contributed by atoms with E-state index < -0.39 is 0 Å². The minimum atomic E-state index is 0.236. The van der Waals surface area contributed by atoms with Crippen molar-refractivity contribution in [3.05, 3.63) is 38.3 Å². The highest BCUT2D eigenvalue weighted by Gasteiger charge is 1.85. The molecule has 0 radical (unpaired) electrons. The summed E-state index contributed by atoms with van der Waals surface area (Å²) in [6.45, 7) is 11.6. The van der Waals surface area contributed by atoms with Crippen LogP contribution in [0.2, 0.25) is 0 Å². The van der Waals surface area contributed by atoms with Crippen LogP contribution in [0.3, 0.4) is 0 Å². The Balaban J connectivity index is 0. The van der Waals surface area contributed by atoms with E-state index in [2.05, 4.69) is 24.5 Å². The molecule has 2 nitrogen and oxygen atoms in total. The summed E-state index contributed by atoms with van der Waals surface area (Å²) in [5, 5.41) is 0. The fourth-order valence-corrected chi connectivity index (χ4v) is 0.373. The minimum Gasteiger partial charge on any atom is -0.474 e. The SMILES string of the molecule is C=CCCC(C)=O.C=COC=C. The molecule has 0 heterocycles. The molecule has 68 valence electrons. The first-order valence-electron chi connectivity index (χ1n) is 3.66. The molecule has 0 bridgehead atoms. The molecule has 0 amide bonds. The maximum Gasteiger partial charge on any atom is 0.130 e. The molecule has 0 aromatic rings. The molecule has 2 heteroatoms. The van der Waals surface area contributed by atoms with Crippen LogP contribution >= 0.6 is 0 Å². The van der Waals surface area contributed by atoms with Gasteiger partial charge < -0.3 is 9.53 Å². The molecule has 12 heavy (non-hydrogen) atoms. The zero-order valence-corrected chi connectivity index (χ0v) is 7.58. The molecule has 0 aromatic heterocycles. The predicted octanol–water partition coefficient (Wildman–Crippen LogP) is 2.83. The lowest BCUT2D eigenvalue weighted by Gasteiger charge is -1.82. The van der Waals surface area contributed by atoms with Gasteiger partial charge in [0.2, 0.25) is 0 Å². The van der Waals surface area contributed by atoms with Gasteiger partial charge in [0.25, 0.3) is 0 Å². The van der Waals surface area contributed by atoms with Gasteiger partial charge in [-0.15, -0.1) is 6.58 Å². The standard InChI is InChI=1S/C6H10O.C4H6O/c1-3-4-5-6(2)7;1-3-5-4-2/h3H,1,4-5H2,2H3;3-4H,1-2H2. The van der Waals surface area contributed by atoms with E-state index >= 15 is 0 Å². The van der Waals surface area contributed by atoms with Crippen LogP contribution in [0, 0.1) is 0 Å². The Morgan fingerprint density at radius 3 is 1.92 bits per heavy atom. The van der Waals surface area contributed by atoms with Gasteiger partial charge in [-0.2, -0.15) is 0 Å². The number of allylic oxidation sites excluding steroid dienone is 1. The second kappa shape index (κ2) is 12.4. The van der Waals surface area contributed by atoms with E-state index in [1.165, 1.54) is 12.5 Å². The Kier molecular flexibility index (Phi) is 13.7. The van der Waals surface area contributed by atoms with Crippen molar-refractivity contribution in [2.45, 2.75) is 19.8 Å². The predicted molar refractivity (Wildman–Crippen MR) is 51.6 cm³/mol. The van der Waals surface area contributed by atoms with Crippen molar-refractivity contribution in [3.8, 4) is 0 Å². The van der Waals surface area contributed by atoms with E-state index in [9.17, 15) is 4.79 Å². The first-order valence-corrected chi connectivity index (χ1v) is 3.66. The second-order valence-electron chi connectivity index (χ2n) is 2.00. The van der Waals surface area contributed by atoms with Gasteiger partial charge in [0, 0.05) is 6.42 Å². The summed E-state index contributed by atoms with van der Waals surface area (Å²) in [7, 11) is 0. The third-order valence-electron chi connectivity index (χ3n) is 0.893. The van der Waals surface area contributed by atoms with E-state index in [1.54, 1.807) is 13.0 Å². The van der Waals surface area contributed by atoms with Crippen LogP contribution in [-0.4, -0.2) is 5.78 Å². The van der Waals surface area contributed by atoms with Gasteiger partial charge in [-0.1, -0.05) is 19.2 Å². The highest BCUT2D eigenvalue weighted by Crippen LogP contribution is 1.88. The average Bonchev–Trinajstić information content (AvgIpc) is 2.03. The molecule has 0 fully saturated rings. The van der Waals surface area contributed by atoms with Gasteiger partial charge in [-0.05, 0) is 13.3 Å². The lowest BCUT2D eigenvalue weighted by atomic mass is 10.2. The molecule has 0 saturated heterocycles. The van der Waals surface area contributed by atoms with Crippen LogP contribution < -0.4 is 0 Å². The van der Waals surface area contributed by atoms with Crippen LogP contribution in [0.5, 0.6) is 0 Å². The summed E-state index contributed by atoms with van der Waals surface area (Å²) < 4.78 is 4.36. The van der Waals surface area contributed by atoms with E-state index in [0.717, 1.165) is 6.42 Å². The molecule has 0 unspecified atom stereocenters. The Bertz CT molecular complexity index is 142. The molecule has 0 rings (SSSR count). The average molecular weight is 168 g/mol. The summed E-state index contributed by atoms with van der Waals surface area (Å²) in [4.78, 5) is 10.2. The van der Waals surface area contributed by atoms with Crippen molar-refractivity contribution in [2.75, 3.05) is 0 Å². The number of rotatable bonds is 5. The zero-order chi connectivity index (χ0) is 9.82. The van der Waals surface area contributed by atoms with Gasteiger partial charge in [0.1, 0.15) is 5.78 Å². The highest BCUT2D eigenvalue weighted by molar-refractivity contribution is 5.75. The van der Waals surface area contributed by atoms with E-state index in [4.69, 9.17) is 0 Å². The number of hydrogen-bond acceptors (Lipinski definition) is 2. The van der Waals surface area contributed by atoms with Gasteiger partial charge >= 0.3 is 0 Å². The topological polar surface area (TPSA) is 26.3 Å². The molecule has 0 atom stereocenters. The number of ketones is 1. The number of hydrogen-bond donors (Lipinski definition) is 0. The zero-order valence-electron chi connectivity index (χ0n) is 7.58. The molecular formula is C10H16O2. The third-order valence-corrected chi connectivity index (χ3v) is 0.893. The van der Waals surface area contributed by atoms with Crippen molar-refractivity contribution in [1.82, 2.24) is 0 Å². The van der Waals surface area contributed by atoms with Crippen LogP contribution in [0.15, 0.2) is 38.3 Å². The molecule has 0 aliphatic rings. The molecular weight excluding hydrogens is 152 g/mol. The monoisotopic (exact) mass is 168 g/mol. The number of carbonyl (C=O) groups is 1. The van der Waals surface area contributed by atoms with Crippen LogP contribution in [0.25, 0.3) is 0 Å². The van der Waals surface area contributed by atoms with E-state index in [0.29, 0.717) is 6.42 Å². The van der Waals surface area contributed by atoms with E-state index in [1.807, 2.05) is 0 Å². The molecule has 0 aromatic carbocycles. The Labute approximate surface area is 74.2 Å². The number of ether oxygens (including phenoxy) is 1. The van der Waals surface area contributed by atoms with Crippen LogP contribution in [-0.2, 0) is 9.53 Å². The van der Waals surface area contributed by atoms with Crippen LogP contribution in [0.4, 0.5) is 0 Å². The minimum absolute atomic E-state index is 0.236. The summed E-state index contributed by atoms with van der Waals surface area (Å²) in [5.41, 5.74) is 0. The van der Waals surface area contributed by atoms with Gasteiger partial charge in [-0.25, -0.2) is 0 Å². The largest absolute Gasteiger partial charge is 0.474 e. The van der Waals surface area contributed by atoms with E-state index in [-0.39, 0.29) is 5.78 Å². The van der Waals surface area contributed by atoms with Gasteiger partial charge in [-0.3, -0.25) is 0 Å². The normalized spacial score (nSPS) is 7.08. The Morgan fingerprint density at radius 1 is 1.33 bits per heavy atom. The number of carbonyl (C=O) groups excluding carboxylic acids is 1. The molecule has 0 spiro atoms. The van der Waals surface area contributed by atoms with Gasteiger partial charge in [0.15, 0.2) is 0 Å². The first-order chi connectivity index (χ1) is 5.68. The lowest BCUT2D eigenvalue weighted by Crippen LogP contribution is -1.85. The highest BCUT2D eigenvalue weighted by atomic mass is 16.5. The van der Waals surface area contributed by atoms with Crippen molar-refractivity contribution in [2.24, 2.45) is 0 Å². The van der Waals surface area contributed by atoms with Crippen molar-refractivity contribution < 1.29 is 9.53 Å². The number of Topliss-reactive ketones (excluding diaryl/α,β-unsaturated/α-hetero) is 1. The third kappa shape index (κ3) is 23.4. The Morgan fingerprint density at radius 2 is 1.83 bits per heavy atom. The fraction of sp³-hybridized carbons (Fsp3) is 0.300. The molecule has 0 aliphatic carbocycles. The fourth-order valence-electron chi connectivity index (χ4n) is 0.373. The van der Waals surface area contributed by atoms with Crippen molar-refractivity contribution in [3.63, 3.8) is 0 Å². The Hall–Kier alpha value is -1.31. The molecule has 0 saturated carbocycles. The summed E-state index contributed by atoms with van der Waals surface area (Å²) in [6.07, 6.45) is 5.83. The maximum atomic E-state index is 10.2. The quantitative estimate of drug-likeness (QED) is 0.466. The molecule has 0 aliphatic heterocycles. The van der Waals surface area contributed by atoms with Gasteiger partial charge in [0.05, 0.1) is 12.5 Å². The lowest BCUT2D eigenvalue weighted by molar-refractivity contribution is -0.116. The summed E-state index contributed by atoms with van der Waals surface area (Å²) in [5.74, 6) is 0.236. The summed E-state index contributed by atoms with van der Waals surface area (Å²) >= 11 is 0. The molecule has 0 N–H and O–H groups in total.